The zero-order chi connectivity index (χ0) is 22.1. The Hall–Kier alpha value is -4.72. The van der Waals surface area contributed by atoms with Crippen molar-refractivity contribution in [1.29, 1.82) is 0 Å². The fraction of sp³-hybridized carbons (Fsp3) is 0. The first-order valence-electron chi connectivity index (χ1n) is 9.87. The van der Waals surface area contributed by atoms with Gasteiger partial charge in [0.1, 0.15) is 22.6 Å². The second-order valence-corrected chi connectivity index (χ2v) is 7.08. The van der Waals surface area contributed by atoms with Crippen molar-refractivity contribution in [3.05, 3.63) is 90.0 Å². The number of nitrogens with two attached hydrogens (primary N) is 1. The topological polar surface area (TPSA) is 118 Å². The van der Waals surface area contributed by atoms with E-state index in [-0.39, 0.29) is 17.1 Å². The van der Waals surface area contributed by atoms with Crippen LogP contribution in [0.25, 0.3) is 22.2 Å². The Morgan fingerprint density at radius 2 is 1.59 bits per heavy atom. The van der Waals surface area contributed by atoms with Crippen LogP contribution in [-0.2, 0) is 0 Å². The van der Waals surface area contributed by atoms with Gasteiger partial charge in [0.05, 0.1) is 17.2 Å². The molecule has 1 amide bonds. The molecule has 32 heavy (non-hydrogen) atoms. The number of carbonyl (C=O) groups excluding carboxylic acids is 1. The number of aromatic nitrogens is 3. The molecule has 5 aromatic rings. The van der Waals surface area contributed by atoms with E-state index in [2.05, 4.69) is 20.4 Å². The molecule has 0 unspecified atom stereocenters. The molecule has 4 N–H and O–H groups in total. The van der Waals surface area contributed by atoms with Gasteiger partial charge >= 0.3 is 0 Å². The molecule has 0 saturated heterocycles. The van der Waals surface area contributed by atoms with Crippen LogP contribution >= 0.6 is 0 Å². The Balaban J connectivity index is 1.69. The lowest BCUT2D eigenvalue weighted by molar-refractivity contribution is 0.102. The summed E-state index contributed by atoms with van der Waals surface area (Å²) in [7, 11) is 0. The fourth-order valence-corrected chi connectivity index (χ4v) is 3.42. The number of hydrogen-bond donors (Lipinski definition) is 3. The van der Waals surface area contributed by atoms with Crippen molar-refractivity contribution in [3.63, 3.8) is 0 Å². The number of anilines is 2. The normalized spacial score (nSPS) is 11.4. The number of amides is 1. The number of hydrogen-bond acceptors (Lipinski definition) is 6. The van der Waals surface area contributed by atoms with Crippen LogP contribution < -0.4 is 11.1 Å². The summed E-state index contributed by atoms with van der Waals surface area (Å²) < 4.78 is 1.36. The van der Waals surface area contributed by atoms with Crippen molar-refractivity contribution >= 4 is 45.8 Å². The molecule has 3 aromatic carbocycles. The molecule has 5 rings (SSSR count). The zero-order valence-corrected chi connectivity index (χ0v) is 16.8. The predicted octanol–water partition coefficient (Wildman–Crippen LogP) is 4.01. The molecular weight excluding hydrogens is 404 g/mol. The molecule has 8 nitrogen and oxygen atoms in total. The minimum atomic E-state index is -0.417. The van der Waals surface area contributed by atoms with Gasteiger partial charge in [0.25, 0.3) is 5.91 Å². The van der Waals surface area contributed by atoms with Crippen LogP contribution in [0.15, 0.2) is 84.0 Å². The molecule has 0 saturated carbocycles. The first-order chi connectivity index (χ1) is 15.6. The number of phenolic OH excluding ortho intramolecular Hbond substituents is 1. The highest BCUT2D eigenvalue weighted by molar-refractivity contribution is 6.16. The van der Waals surface area contributed by atoms with Crippen LogP contribution in [0.3, 0.4) is 0 Å². The minimum absolute atomic E-state index is 0.0739. The number of nitrogens with zero attached hydrogens (tertiary/aromatic N) is 4. The number of carbonyl (C=O) groups is 1. The third-order valence-corrected chi connectivity index (χ3v) is 4.98. The molecule has 0 spiro atoms. The predicted molar refractivity (Wildman–Crippen MR) is 125 cm³/mol. The average Bonchev–Trinajstić information content (AvgIpc) is 3.08. The van der Waals surface area contributed by atoms with Crippen LogP contribution in [0.4, 0.5) is 11.5 Å². The van der Waals surface area contributed by atoms with Crippen molar-refractivity contribution in [2.75, 3.05) is 11.1 Å². The Kier molecular flexibility index (Phi) is 4.72. The molecule has 8 heteroatoms. The first kappa shape index (κ1) is 19.3. The van der Waals surface area contributed by atoms with Crippen molar-refractivity contribution in [2.45, 2.75) is 0 Å². The summed E-state index contributed by atoms with van der Waals surface area (Å²) in [5, 5.41) is 17.3. The Morgan fingerprint density at radius 3 is 2.34 bits per heavy atom. The summed E-state index contributed by atoms with van der Waals surface area (Å²) >= 11 is 0. The third kappa shape index (κ3) is 3.39. The smallest absolute Gasteiger partial charge is 0.261 e. The molecule has 156 valence electrons. The molecular formula is C24H18N6O2. The zero-order valence-electron chi connectivity index (χ0n) is 16.8. The average molecular weight is 422 g/mol. The highest BCUT2D eigenvalue weighted by Crippen LogP contribution is 2.29. The third-order valence-electron chi connectivity index (χ3n) is 4.98. The van der Waals surface area contributed by atoms with Gasteiger partial charge in [0.15, 0.2) is 5.65 Å². The summed E-state index contributed by atoms with van der Waals surface area (Å²) in [6.07, 6.45) is 1.46. The van der Waals surface area contributed by atoms with E-state index < -0.39 is 5.91 Å². The summed E-state index contributed by atoms with van der Waals surface area (Å²) in [6, 6.07) is 23.2. The molecule has 2 heterocycles. The fourth-order valence-electron chi connectivity index (χ4n) is 3.42. The maximum atomic E-state index is 13.2. The summed E-state index contributed by atoms with van der Waals surface area (Å²) in [6.45, 7) is 0. The highest BCUT2D eigenvalue weighted by Gasteiger charge is 2.24. The monoisotopic (exact) mass is 422 g/mol. The molecule has 0 atom stereocenters. The standard InChI is InChI=1S/C24H18N6O2/c25-22-20(24(32)27-16-9-2-1-3-10-16)21-23(29-18-12-6-5-11-17(18)28-21)30(22)26-14-15-8-4-7-13-19(15)31/h1-14,31H,25H2,(H,27,32). The van der Waals surface area contributed by atoms with E-state index in [4.69, 9.17) is 5.73 Å². The van der Waals surface area contributed by atoms with Gasteiger partial charge in [-0.25, -0.2) is 9.97 Å². The summed E-state index contributed by atoms with van der Waals surface area (Å²) in [5.74, 6) is -0.250. The van der Waals surface area contributed by atoms with Crippen molar-refractivity contribution in [1.82, 2.24) is 14.6 Å². The maximum Gasteiger partial charge on any atom is 0.261 e. The van der Waals surface area contributed by atoms with E-state index in [1.54, 1.807) is 36.4 Å². The quantitative estimate of drug-likeness (QED) is 0.378. The van der Waals surface area contributed by atoms with Gasteiger partial charge in [0, 0.05) is 11.3 Å². The summed E-state index contributed by atoms with van der Waals surface area (Å²) in [5.41, 5.74) is 9.64. The lowest BCUT2D eigenvalue weighted by Crippen LogP contribution is -2.14. The van der Waals surface area contributed by atoms with E-state index in [1.807, 2.05) is 42.5 Å². The van der Waals surface area contributed by atoms with E-state index in [0.717, 1.165) is 0 Å². The van der Waals surface area contributed by atoms with Crippen molar-refractivity contribution in [2.24, 2.45) is 5.10 Å². The number of aromatic hydroxyl groups is 1. The number of nitrogens with one attached hydrogen (secondary N) is 1. The molecule has 0 aliphatic heterocycles. The second-order valence-electron chi connectivity index (χ2n) is 7.08. The van der Waals surface area contributed by atoms with E-state index in [0.29, 0.717) is 33.4 Å². The van der Waals surface area contributed by atoms with Crippen molar-refractivity contribution < 1.29 is 9.90 Å². The van der Waals surface area contributed by atoms with Gasteiger partial charge in [-0.3, -0.25) is 4.79 Å². The number of para-hydroxylation sites is 4. The van der Waals surface area contributed by atoms with Gasteiger partial charge in [-0.15, -0.1) is 0 Å². The highest BCUT2D eigenvalue weighted by atomic mass is 16.3. The van der Waals surface area contributed by atoms with Crippen LogP contribution in [0, 0.1) is 0 Å². The van der Waals surface area contributed by atoms with E-state index in [9.17, 15) is 9.90 Å². The maximum absolute atomic E-state index is 13.2. The van der Waals surface area contributed by atoms with Crippen LogP contribution in [-0.4, -0.2) is 31.9 Å². The largest absolute Gasteiger partial charge is 0.507 e. The Bertz CT molecular complexity index is 1490. The van der Waals surface area contributed by atoms with Gasteiger partial charge in [0.2, 0.25) is 0 Å². The number of nitrogen functional groups attached to an aromatic ring is 1. The van der Waals surface area contributed by atoms with Crippen molar-refractivity contribution in [3.8, 4) is 5.75 Å². The molecule has 0 aliphatic rings. The molecule has 2 aromatic heterocycles. The molecule has 0 radical (unpaired) electrons. The second kappa shape index (κ2) is 7.84. The van der Waals surface area contributed by atoms with Crippen LogP contribution in [0.5, 0.6) is 5.75 Å². The minimum Gasteiger partial charge on any atom is -0.507 e. The van der Waals surface area contributed by atoms with Gasteiger partial charge in [-0.05, 0) is 36.4 Å². The van der Waals surface area contributed by atoms with Crippen LogP contribution in [0.2, 0.25) is 0 Å². The summed E-state index contributed by atoms with van der Waals surface area (Å²) in [4.78, 5) is 22.5. The van der Waals surface area contributed by atoms with Crippen LogP contribution in [0.1, 0.15) is 15.9 Å². The lowest BCUT2D eigenvalue weighted by Gasteiger charge is -2.05. The number of benzene rings is 3. The molecule has 0 bridgehead atoms. The van der Waals surface area contributed by atoms with E-state index in [1.165, 1.54) is 10.9 Å². The molecule has 0 fully saturated rings. The molecule has 0 aliphatic carbocycles. The SMILES string of the molecule is Nc1c(C(=O)Nc2ccccc2)c2nc3ccccc3nc2n1N=Cc1ccccc1O. The number of phenols is 1. The van der Waals surface area contributed by atoms with Gasteiger partial charge in [-0.1, -0.05) is 42.5 Å². The van der Waals surface area contributed by atoms with E-state index >= 15 is 0 Å². The van der Waals surface area contributed by atoms with Gasteiger partial charge in [-0.2, -0.15) is 9.78 Å². The number of fused-ring (bicyclic) bond motifs is 2. The first-order valence-corrected chi connectivity index (χ1v) is 9.87. The Labute approximate surface area is 182 Å². The lowest BCUT2D eigenvalue weighted by atomic mass is 10.2. The van der Waals surface area contributed by atoms with Gasteiger partial charge < -0.3 is 16.2 Å². The number of rotatable bonds is 4. The Morgan fingerprint density at radius 1 is 0.938 bits per heavy atom.